The lowest BCUT2D eigenvalue weighted by Crippen LogP contribution is -2.48. The number of nitrogens with zero attached hydrogens (tertiary/aromatic N) is 2. The minimum absolute atomic E-state index is 0.0248. The number of nitro groups is 1. The van der Waals surface area contributed by atoms with Gasteiger partial charge in [-0.3, -0.25) is 15.0 Å². The van der Waals surface area contributed by atoms with E-state index < -0.39 is 4.92 Å². The summed E-state index contributed by atoms with van der Waals surface area (Å²) in [5, 5.41) is 20.6. The number of rotatable bonds is 4. The molecule has 1 N–H and O–H groups in total. The second-order valence-corrected chi connectivity index (χ2v) is 5.32. The summed E-state index contributed by atoms with van der Waals surface area (Å²) in [5.74, 6) is 0. The first-order valence-corrected chi connectivity index (χ1v) is 6.79. The molecule has 2 rings (SSSR count). The van der Waals surface area contributed by atoms with Crippen molar-refractivity contribution in [2.24, 2.45) is 0 Å². The van der Waals surface area contributed by atoms with E-state index in [0.29, 0.717) is 30.3 Å². The van der Waals surface area contributed by atoms with Gasteiger partial charge in [-0.05, 0) is 13.0 Å². The highest BCUT2D eigenvalue weighted by atomic mass is 35.5. The fourth-order valence-electron chi connectivity index (χ4n) is 2.28. The van der Waals surface area contributed by atoms with Gasteiger partial charge in [0.05, 0.1) is 34.8 Å². The molecule has 0 aromatic heterocycles. The molecule has 1 aliphatic rings. The molecule has 1 saturated heterocycles. The lowest BCUT2D eigenvalue weighted by molar-refractivity contribution is -0.385. The van der Waals surface area contributed by atoms with Crippen LogP contribution in [0.5, 0.6) is 0 Å². The summed E-state index contributed by atoms with van der Waals surface area (Å²) in [5.41, 5.74) is 0.529. The minimum Gasteiger partial charge on any atom is -0.394 e. The Bertz CT molecular complexity index is 497. The minimum atomic E-state index is -0.421. The summed E-state index contributed by atoms with van der Waals surface area (Å²) in [4.78, 5) is 12.7. The van der Waals surface area contributed by atoms with Gasteiger partial charge in [-0.2, -0.15) is 0 Å². The molecule has 1 heterocycles. The van der Waals surface area contributed by atoms with E-state index in [4.69, 9.17) is 16.3 Å². The van der Waals surface area contributed by atoms with E-state index in [9.17, 15) is 15.2 Å². The van der Waals surface area contributed by atoms with Crippen LogP contribution in [0.3, 0.4) is 0 Å². The van der Waals surface area contributed by atoms with E-state index in [1.54, 1.807) is 12.1 Å². The van der Waals surface area contributed by atoms with Crippen molar-refractivity contribution in [3.8, 4) is 0 Å². The zero-order chi connectivity index (χ0) is 14.7. The molecule has 1 aromatic carbocycles. The number of hydrogen-bond donors (Lipinski definition) is 1. The molecule has 0 amide bonds. The second-order valence-electron chi connectivity index (χ2n) is 4.91. The molecule has 0 aliphatic carbocycles. The number of benzene rings is 1. The van der Waals surface area contributed by atoms with Crippen LogP contribution in [-0.2, 0) is 11.3 Å². The van der Waals surface area contributed by atoms with Gasteiger partial charge in [0.25, 0.3) is 5.69 Å². The van der Waals surface area contributed by atoms with Gasteiger partial charge < -0.3 is 9.84 Å². The lowest BCUT2D eigenvalue weighted by atomic mass is 10.1. The summed E-state index contributed by atoms with van der Waals surface area (Å²) < 4.78 is 5.46. The van der Waals surface area contributed by atoms with Crippen LogP contribution in [0.15, 0.2) is 18.2 Å². The quantitative estimate of drug-likeness (QED) is 0.678. The number of halogens is 1. The molecule has 7 heteroatoms. The topological polar surface area (TPSA) is 75.8 Å². The van der Waals surface area contributed by atoms with Crippen LogP contribution in [0.2, 0.25) is 5.02 Å². The van der Waals surface area contributed by atoms with Crippen molar-refractivity contribution >= 4 is 17.3 Å². The standard InChI is InChI=1S/C13H17ClN2O4/c1-9-8-20-10(7-17)5-15(9)6-11-12(14)3-2-4-13(11)16(18)19/h2-4,9-10,17H,5-8H2,1H3. The molecule has 2 unspecified atom stereocenters. The number of aliphatic hydroxyl groups excluding tert-OH is 1. The second kappa shape index (κ2) is 6.49. The molecule has 20 heavy (non-hydrogen) atoms. The van der Waals surface area contributed by atoms with Gasteiger partial charge in [0, 0.05) is 25.2 Å². The molecule has 0 bridgehead atoms. The Labute approximate surface area is 122 Å². The normalized spacial score (nSPS) is 23.8. The van der Waals surface area contributed by atoms with E-state index in [1.807, 2.05) is 11.8 Å². The van der Waals surface area contributed by atoms with Crippen LogP contribution in [-0.4, -0.2) is 46.8 Å². The Balaban J connectivity index is 2.22. The van der Waals surface area contributed by atoms with Crippen molar-refractivity contribution in [1.29, 1.82) is 0 Å². The maximum atomic E-state index is 11.1. The molecular weight excluding hydrogens is 284 g/mol. The van der Waals surface area contributed by atoms with Crippen molar-refractivity contribution in [2.45, 2.75) is 25.6 Å². The predicted molar refractivity (Wildman–Crippen MR) is 74.8 cm³/mol. The van der Waals surface area contributed by atoms with Gasteiger partial charge >= 0.3 is 0 Å². The zero-order valence-electron chi connectivity index (χ0n) is 11.2. The highest BCUT2D eigenvalue weighted by Crippen LogP contribution is 2.29. The molecule has 1 aromatic rings. The summed E-state index contributed by atoms with van der Waals surface area (Å²) in [7, 11) is 0. The molecule has 0 radical (unpaired) electrons. The summed E-state index contributed by atoms with van der Waals surface area (Å²) in [6.07, 6.45) is -0.257. The summed E-state index contributed by atoms with van der Waals surface area (Å²) >= 11 is 6.10. The Morgan fingerprint density at radius 1 is 1.60 bits per heavy atom. The van der Waals surface area contributed by atoms with Gasteiger partial charge in [0.1, 0.15) is 0 Å². The third kappa shape index (κ3) is 3.27. The molecule has 1 aliphatic heterocycles. The van der Waals surface area contributed by atoms with Crippen molar-refractivity contribution in [3.63, 3.8) is 0 Å². The van der Waals surface area contributed by atoms with Gasteiger partial charge in [-0.1, -0.05) is 17.7 Å². The van der Waals surface area contributed by atoms with Crippen LogP contribution in [0.1, 0.15) is 12.5 Å². The zero-order valence-corrected chi connectivity index (χ0v) is 11.9. The average Bonchev–Trinajstić information content (AvgIpc) is 2.43. The Morgan fingerprint density at radius 3 is 3.00 bits per heavy atom. The molecule has 1 fully saturated rings. The van der Waals surface area contributed by atoms with E-state index in [0.717, 1.165) is 0 Å². The molecule has 110 valence electrons. The van der Waals surface area contributed by atoms with E-state index in [-0.39, 0.29) is 24.4 Å². The van der Waals surface area contributed by atoms with Gasteiger partial charge in [-0.15, -0.1) is 0 Å². The Kier molecular flexibility index (Phi) is 4.93. The summed E-state index contributed by atoms with van der Waals surface area (Å²) in [6.45, 7) is 3.31. The smallest absolute Gasteiger partial charge is 0.275 e. The fraction of sp³-hybridized carbons (Fsp3) is 0.538. The maximum absolute atomic E-state index is 11.1. The van der Waals surface area contributed by atoms with Crippen molar-refractivity contribution in [2.75, 3.05) is 19.8 Å². The fourth-order valence-corrected chi connectivity index (χ4v) is 2.51. The molecule has 0 saturated carbocycles. The maximum Gasteiger partial charge on any atom is 0.275 e. The van der Waals surface area contributed by atoms with Crippen LogP contribution < -0.4 is 0 Å². The van der Waals surface area contributed by atoms with E-state index in [1.165, 1.54) is 6.07 Å². The van der Waals surface area contributed by atoms with Crippen molar-refractivity contribution in [1.82, 2.24) is 4.90 Å². The first-order chi connectivity index (χ1) is 9.52. The van der Waals surface area contributed by atoms with E-state index in [2.05, 4.69) is 0 Å². The number of ether oxygens (including phenoxy) is 1. The first kappa shape index (κ1) is 15.2. The van der Waals surface area contributed by atoms with Gasteiger partial charge in [-0.25, -0.2) is 0 Å². The summed E-state index contributed by atoms with van der Waals surface area (Å²) in [6, 6.07) is 4.80. The number of hydrogen-bond acceptors (Lipinski definition) is 5. The van der Waals surface area contributed by atoms with Gasteiger partial charge in [0.2, 0.25) is 0 Å². The highest BCUT2D eigenvalue weighted by molar-refractivity contribution is 6.31. The lowest BCUT2D eigenvalue weighted by Gasteiger charge is -2.37. The molecule has 2 atom stereocenters. The Morgan fingerprint density at radius 2 is 2.35 bits per heavy atom. The van der Waals surface area contributed by atoms with Crippen LogP contribution in [0.4, 0.5) is 5.69 Å². The van der Waals surface area contributed by atoms with Crippen LogP contribution in [0, 0.1) is 10.1 Å². The number of aliphatic hydroxyl groups is 1. The van der Waals surface area contributed by atoms with Gasteiger partial charge in [0.15, 0.2) is 0 Å². The number of nitro benzene ring substituents is 1. The van der Waals surface area contributed by atoms with E-state index >= 15 is 0 Å². The SMILES string of the molecule is CC1COC(CO)CN1Cc1c(Cl)cccc1[N+](=O)[O-]. The molecule has 0 spiro atoms. The average molecular weight is 301 g/mol. The first-order valence-electron chi connectivity index (χ1n) is 6.41. The predicted octanol–water partition coefficient (Wildman–Crippen LogP) is 1.83. The largest absolute Gasteiger partial charge is 0.394 e. The monoisotopic (exact) mass is 300 g/mol. The molecule has 6 nitrogen and oxygen atoms in total. The molecular formula is C13H17ClN2O4. The third-order valence-electron chi connectivity index (χ3n) is 3.49. The van der Waals surface area contributed by atoms with Crippen molar-refractivity contribution in [3.05, 3.63) is 38.9 Å². The Hall–Kier alpha value is -1.21. The third-order valence-corrected chi connectivity index (χ3v) is 3.84. The van der Waals surface area contributed by atoms with Crippen LogP contribution >= 0.6 is 11.6 Å². The highest BCUT2D eigenvalue weighted by Gasteiger charge is 2.28. The number of morpholine rings is 1. The van der Waals surface area contributed by atoms with Crippen molar-refractivity contribution < 1.29 is 14.8 Å². The van der Waals surface area contributed by atoms with Crippen LogP contribution in [0.25, 0.3) is 0 Å².